The van der Waals surface area contributed by atoms with Crippen molar-refractivity contribution in [1.29, 1.82) is 5.41 Å². The zero-order valence-electron chi connectivity index (χ0n) is 3.46. The van der Waals surface area contributed by atoms with Crippen LogP contribution in [-0.2, 0) is 4.57 Å². The number of guanidine groups is 1. The third-order valence-electron chi connectivity index (χ3n) is 0. The zero-order valence-corrected chi connectivity index (χ0v) is 4.35. The van der Waals surface area contributed by atoms with Gasteiger partial charge in [-0.3, -0.25) is 5.41 Å². The van der Waals surface area contributed by atoms with E-state index in [0.717, 1.165) is 0 Å². The summed E-state index contributed by atoms with van der Waals surface area (Å²) in [5, 5.41) is 6.06. The third-order valence-corrected chi connectivity index (χ3v) is 0. The van der Waals surface area contributed by atoms with Gasteiger partial charge in [-0.15, -0.1) is 0 Å². The van der Waals surface area contributed by atoms with Crippen molar-refractivity contribution in [3.05, 3.63) is 0 Å². The first-order chi connectivity index (χ1) is 3.15. The van der Waals surface area contributed by atoms with Gasteiger partial charge < -0.3 is 16.4 Å². The molecule has 0 aromatic carbocycles. The van der Waals surface area contributed by atoms with E-state index in [4.69, 9.17) is 14.9 Å². The second kappa shape index (κ2) is 9.01. The second-order valence-corrected chi connectivity index (χ2v) is 0.700. The summed E-state index contributed by atoms with van der Waals surface area (Å²) in [6.45, 7) is 0. The van der Waals surface area contributed by atoms with E-state index in [9.17, 15) is 0 Å². The van der Waals surface area contributed by atoms with Crippen LogP contribution in [0.3, 0.4) is 0 Å². The number of nitrogens with two attached hydrogens (primary N) is 2. The second-order valence-electron chi connectivity index (χ2n) is 0.537. The molecule has 0 fully saturated rings. The maximum atomic E-state index is 8.46. The van der Waals surface area contributed by atoms with Crippen LogP contribution < -0.4 is 11.5 Å². The van der Waals surface area contributed by atoms with Crippen LogP contribution in [0.4, 0.5) is 0 Å². The monoisotopic (exact) mass is 123 g/mol. The smallest absolute Gasteiger partial charge is 0.324 e. The van der Waals surface area contributed by atoms with E-state index in [1.165, 1.54) is 0 Å². The van der Waals surface area contributed by atoms with Crippen molar-refractivity contribution < 1.29 is 9.46 Å². The van der Waals surface area contributed by atoms with Crippen LogP contribution in [0.25, 0.3) is 0 Å². The van der Waals surface area contributed by atoms with E-state index < -0.39 is 8.69 Å². The van der Waals surface area contributed by atoms with Crippen molar-refractivity contribution >= 4 is 14.6 Å². The fraction of sp³-hybridized carbons (Fsp3) is 0. The lowest BCUT2D eigenvalue weighted by Crippen LogP contribution is -2.20. The Morgan fingerprint density at radius 2 is 1.71 bits per heavy atom. The molecule has 0 aromatic heterocycles. The summed E-state index contributed by atoms with van der Waals surface area (Å²) >= 11 is 0. The van der Waals surface area contributed by atoms with Gasteiger partial charge in [-0.25, -0.2) is 4.57 Å². The standard InChI is InChI=1S/CH5N3.HO2P/c2-1(3)4;1-3-2/h(H5,2,3,4);(H,1,2). The summed E-state index contributed by atoms with van der Waals surface area (Å²) in [6, 6.07) is 0. The van der Waals surface area contributed by atoms with Crippen molar-refractivity contribution in [2.24, 2.45) is 11.5 Å². The van der Waals surface area contributed by atoms with Gasteiger partial charge in [0, 0.05) is 0 Å². The lowest BCUT2D eigenvalue weighted by molar-refractivity contribution is 0.524. The molecule has 0 aromatic rings. The summed E-state index contributed by atoms with van der Waals surface area (Å²) in [4.78, 5) is 6.99. The van der Waals surface area contributed by atoms with Gasteiger partial charge in [0.25, 0.3) is 0 Å². The maximum Gasteiger partial charge on any atom is 0.324 e. The fourth-order valence-corrected chi connectivity index (χ4v) is 0. The van der Waals surface area contributed by atoms with E-state index >= 15 is 0 Å². The van der Waals surface area contributed by atoms with Gasteiger partial charge in [-0.1, -0.05) is 0 Å². The van der Waals surface area contributed by atoms with Crippen LogP contribution in [-0.4, -0.2) is 10.9 Å². The molecule has 0 rings (SSSR count). The van der Waals surface area contributed by atoms with Crippen LogP contribution in [0.15, 0.2) is 0 Å². The number of hydrogen-bond donors (Lipinski definition) is 4. The molecule has 0 amide bonds. The third kappa shape index (κ3) is 132. The van der Waals surface area contributed by atoms with Crippen molar-refractivity contribution in [3.63, 3.8) is 0 Å². The van der Waals surface area contributed by atoms with E-state index in [1.807, 2.05) is 0 Å². The van der Waals surface area contributed by atoms with Crippen LogP contribution in [0, 0.1) is 5.41 Å². The van der Waals surface area contributed by atoms with Crippen molar-refractivity contribution in [3.8, 4) is 0 Å². The Morgan fingerprint density at radius 3 is 1.71 bits per heavy atom. The Hall–Kier alpha value is -0.670. The number of nitrogens with one attached hydrogen (secondary N) is 1. The van der Waals surface area contributed by atoms with Crippen molar-refractivity contribution in [1.82, 2.24) is 0 Å². The van der Waals surface area contributed by atoms with Gasteiger partial charge in [0.15, 0.2) is 5.96 Å². The predicted octanol–water partition coefficient (Wildman–Crippen LogP) is -0.976. The molecule has 6 heteroatoms. The Balaban J connectivity index is 0. The van der Waals surface area contributed by atoms with E-state index in [1.54, 1.807) is 0 Å². The maximum absolute atomic E-state index is 8.46. The molecule has 0 aliphatic carbocycles. The normalized spacial score (nSPS) is 6.43. The van der Waals surface area contributed by atoms with Gasteiger partial charge in [-0.2, -0.15) is 0 Å². The SMILES string of the molecule is N=C(N)N.O=PO. The summed E-state index contributed by atoms with van der Waals surface area (Å²) in [5.74, 6) is -0.333. The van der Waals surface area contributed by atoms with Crippen LogP contribution >= 0.6 is 8.69 Å². The molecule has 5 nitrogen and oxygen atoms in total. The molecule has 0 aliphatic heterocycles. The van der Waals surface area contributed by atoms with E-state index in [2.05, 4.69) is 11.5 Å². The molecule has 0 unspecified atom stereocenters. The molecular weight excluding hydrogens is 117 g/mol. The summed E-state index contributed by atoms with van der Waals surface area (Å²) in [7, 11) is -0.833. The predicted molar refractivity (Wildman–Crippen MR) is 25.9 cm³/mol. The van der Waals surface area contributed by atoms with Crippen LogP contribution in [0.2, 0.25) is 0 Å². The van der Waals surface area contributed by atoms with Crippen LogP contribution in [0.1, 0.15) is 0 Å². The Morgan fingerprint density at radius 1 is 1.71 bits per heavy atom. The topological polar surface area (TPSA) is 113 Å². The van der Waals surface area contributed by atoms with E-state index in [0.29, 0.717) is 0 Å². The van der Waals surface area contributed by atoms with Crippen molar-refractivity contribution in [2.45, 2.75) is 0 Å². The minimum Gasteiger partial charge on any atom is -0.370 e. The minimum atomic E-state index is -0.833. The molecule has 0 heterocycles. The number of hydrogen-bond acceptors (Lipinski definition) is 2. The molecule has 6 N–H and O–H groups in total. The lowest BCUT2D eigenvalue weighted by Gasteiger charge is -1.69. The number of rotatable bonds is 0. The van der Waals surface area contributed by atoms with Gasteiger partial charge in [0.2, 0.25) is 0 Å². The molecule has 0 saturated heterocycles. The summed E-state index contributed by atoms with van der Waals surface area (Å²) < 4.78 is 8.46. The molecule has 0 saturated carbocycles. The highest BCUT2D eigenvalue weighted by Crippen LogP contribution is 1.66. The first-order valence-corrected chi connectivity index (χ1v) is 1.98. The van der Waals surface area contributed by atoms with Crippen LogP contribution in [0.5, 0.6) is 0 Å². The van der Waals surface area contributed by atoms with Gasteiger partial charge >= 0.3 is 8.69 Å². The Labute approximate surface area is 42.1 Å². The highest BCUT2D eigenvalue weighted by molar-refractivity contribution is 7.16. The zero-order chi connectivity index (χ0) is 6.28. The van der Waals surface area contributed by atoms with Gasteiger partial charge in [-0.05, 0) is 0 Å². The molecule has 0 aliphatic rings. The first kappa shape index (κ1) is 9.59. The van der Waals surface area contributed by atoms with Crippen molar-refractivity contribution in [2.75, 3.05) is 0 Å². The Kier molecular flexibility index (Phi) is 12.3. The lowest BCUT2D eigenvalue weighted by atomic mass is 11.1. The fourth-order valence-electron chi connectivity index (χ4n) is 0. The highest BCUT2D eigenvalue weighted by Gasteiger charge is 1.52. The summed E-state index contributed by atoms with van der Waals surface area (Å²) in [6.07, 6.45) is 0. The highest BCUT2D eigenvalue weighted by atomic mass is 31.1. The molecule has 0 atom stereocenters. The molecule has 42 valence electrons. The molecular formula is CH6N3O2P. The largest absolute Gasteiger partial charge is 0.370 e. The van der Waals surface area contributed by atoms with Gasteiger partial charge in [0.1, 0.15) is 0 Å². The molecule has 0 bridgehead atoms. The average molecular weight is 123 g/mol. The van der Waals surface area contributed by atoms with Gasteiger partial charge in [0.05, 0.1) is 0 Å². The Bertz CT molecular complexity index is 60.0. The molecule has 7 heavy (non-hydrogen) atoms. The quantitative estimate of drug-likeness (QED) is 0.188. The summed E-state index contributed by atoms with van der Waals surface area (Å²) in [5.41, 5.74) is 8.94. The minimum absolute atomic E-state index is 0.333. The van der Waals surface area contributed by atoms with E-state index in [-0.39, 0.29) is 5.96 Å². The average Bonchev–Trinajstić information content (AvgIpc) is 1.33. The first-order valence-electron chi connectivity index (χ1n) is 1.21. The molecule has 0 spiro atoms. The molecule has 0 radical (unpaired) electrons.